The molecule has 1 spiro atoms. The third-order valence-corrected chi connectivity index (χ3v) is 8.82. The number of nitrogens with two attached hydrogens (primary N) is 1. The number of fused-ring (bicyclic) bond motifs is 1. The van der Waals surface area contributed by atoms with Gasteiger partial charge < -0.3 is 10.6 Å². The maximum atomic E-state index is 14.6. The molecule has 0 amide bonds. The summed E-state index contributed by atoms with van der Waals surface area (Å²) in [4.78, 5) is 23.4. The van der Waals surface area contributed by atoms with E-state index in [0.29, 0.717) is 46.8 Å². The maximum Gasteiger partial charge on any atom is 0.266 e. The van der Waals surface area contributed by atoms with Crippen LogP contribution in [0, 0.1) is 11.2 Å². The van der Waals surface area contributed by atoms with Crippen molar-refractivity contribution in [1.29, 1.82) is 0 Å². The molecule has 180 valence electrons. The number of hydrogen-bond donors (Lipinski definition) is 1. The lowest BCUT2D eigenvalue weighted by Crippen LogP contribution is -2.65. The molecule has 2 N–H and O–H groups in total. The monoisotopic (exact) mass is 491 g/mol. The minimum atomic E-state index is -2.91. The molecule has 2 fully saturated rings. The average molecular weight is 492 g/mol. The van der Waals surface area contributed by atoms with Crippen LogP contribution in [0.4, 0.5) is 19.0 Å². The fourth-order valence-electron chi connectivity index (χ4n) is 5.46. The Labute approximate surface area is 196 Å². The van der Waals surface area contributed by atoms with Gasteiger partial charge >= 0.3 is 0 Å². The molecule has 34 heavy (non-hydrogen) atoms. The van der Waals surface area contributed by atoms with Gasteiger partial charge in [-0.25, -0.2) is 23.1 Å². The predicted molar refractivity (Wildman–Crippen MR) is 124 cm³/mol. The molecule has 0 bridgehead atoms. The number of pyridine rings is 1. The van der Waals surface area contributed by atoms with E-state index in [1.165, 1.54) is 23.0 Å². The molecule has 2 aromatic heterocycles. The summed E-state index contributed by atoms with van der Waals surface area (Å²) < 4.78 is 53.9. The van der Waals surface area contributed by atoms with Crippen LogP contribution in [-0.2, 0) is 29.9 Å². The average Bonchev–Trinajstić information content (AvgIpc) is 2.74. The molecule has 1 aliphatic carbocycles. The number of benzene rings is 1. The first-order valence-electron chi connectivity index (χ1n) is 10.8. The SMILES string of the molecule is CN(Cc1cccc(C(F)F)c1F)c1ncnc2c1cc(C1(N)CC3(CS(=O)C3)C1)c(=O)n2C. The zero-order valence-electron chi connectivity index (χ0n) is 18.7. The lowest BCUT2D eigenvalue weighted by molar-refractivity contribution is 0.0557. The van der Waals surface area contributed by atoms with Gasteiger partial charge in [0.05, 0.1) is 10.9 Å². The first kappa shape index (κ1) is 23.0. The predicted octanol–water partition coefficient (Wildman–Crippen LogP) is 2.74. The summed E-state index contributed by atoms with van der Waals surface area (Å²) in [6, 6.07) is 5.60. The Morgan fingerprint density at radius 1 is 1.26 bits per heavy atom. The minimum absolute atomic E-state index is 0.0145. The molecule has 3 aromatic rings. The highest BCUT2D eigenvalue weighted by Crippen LogP contribution is 2.57. The van der Waals surface area contributed by atoms with Crippen molar-refractivity contribution in [2.45, 2.75) is 31.4 Å². The van der Waals surface area contributed by atoms with Crippen molar-refractivity contribution in [3.8, 4) is 0 Å². The van der Waals surface area contributed by atoms with E-state index in [4.69, 9.17) is 5.73 Å². The van der Waals surface area contributed by atoms with E-state index in [2.05, 4.69) is 9.97 Å². The number of halogens is 3. The summed E-state index contributed by atoms with van der Waals surface area (Å²) in [5, 5.41) is 0.551. The summed E-state index contributed by atoms with van der Waals surface area (Å²) >= 11 is 0. The Hall–Kier alpha value is -2.79. The summed E-state index contributed by atoms with van der Waals surface area (Å²) in [6.45, 7) is -0.0145. The van der Waals surface area contributed by atoms with Gasteiger partial charge in [0.1, 0.15) is 23.6 Å². The van der Waals surface area contributed by atoms with Gasteiger partial charge in [-0.05, 0) is 24.3 Å². The molecule has 1 aromatic carbocycles. The van der Waals surface area contributed by atoms with Crippen molar-refractivity contribution in [2.75, 3.05) is 23.5 Å². The lowest BCUT2D eigenvalue weighted by Gasteiger charge is -2.58. The molecule has 0 radical (unpaired) electrons. The summed E-state index contributed by atoms with van der Waals surface area (Å²) in [7, 11) is 2.46. The molecule has 0 atom stereocenters. The summed E-state index contributed by atoms with van der Waals surface area (Å²) in [5.41, 5.74) is 5.76. The minimum Gasteiger partial charge on any atom is -0.355 e. The van der Waals surface area contributed by atoms with Crippen LogP contribution in [0.1, 0.15) is 36.0 Å². The van der Waals surface area contributed by atoms with E-state index in [1.807, 2.05) is 0 Å². The summed E-state index contributed by atoms with van der Waals surface area (Å²) in [5.74, 6) is 0.695. The number of hydrogen-bond acceptors (Lipinski definition) is 6. The van der Waals surface area contributed by atoms with Crippen molar-refractivity contribution in [1.82, 2.24) is 14.5 Å². The molecule has 7 nitrogen and oxygen atoms in total. The van der Waals surface area contributed by atoms with Crippen molar-refractivity contribution in [2.24, 2.45) is 18.2 Å². The van der Waals surface area contributed by atoms with E-state index >= 15 is 0 Å². The van der Waals surface area contributed by atoms with Gasteiger partial charge in [0.15, 0.2) is 0 Å². The third-order valence-electron chi connectivity index (χ3n) is 6.95. The standard InChI is InChI=1S/C23H24F3N5O2S/c1-30(7-13-4-3-5-14(17(13)24)18(25)26)19-15-6-16(21(32)31(2)20(15)29-12-28-19)23(27)8-22(9-23)10-34(33)11-22/h3-6,12,18H,7-11,27H2,1-2H3. The van der Waals surface area contributed by atoms with Crippen LogP contribution in [-0.4, -0.2) is 37.3 Å². The molecular weight excluding hydrogens is 467 g/mol. The van der Waals surface area contributed by atoms with Crippen molar-refractivity contribution >= 4 is 27.7 Å². The van der Waals surface area contributed by atoms with Gasteiger partial charge in [0, 0.05) is 59.6 Å². The first-order chi connectivity index (χ1) is 16.0. The largest absolute Gasteiger partial charge is 0.355 e. The lowest BCUT2D eigenvalue weighted by atomic mass is 9.57. The van der Waals surface area contributed by atoms with Crippen LogP contribution in [0.5, 0.6) is 0 Å². The smallest absolute Gasteiger partial charge is 0.266 e. The fourth-order valence-corrected chi connectivity index (χ4v) is 7.15. The second kappa shape index (κ2) is 7.88. The number of aryl methyl sites for hydroxylation is 1. The number of anilines is 1. The zero-order chi connectivity index (χ0) is 24.4. The van der Waals surface area contributed by atoms with Gasteiger partial charge in [-0.3, -0.25) is 13.6 Å². The molecule has 1 saturated heterocycles. The Bertz CT molecular complexity index is 1380. The molecule has 3 heterocycles. The third kappa shape index (κ3) is 3.52. The van der Waals surface area contributed by atoms with Crippen LogP contribution in [0.2, 0.25) is 0 Å². The van der Waals surface area contributed by atoms with Crippen molar-refractivity contribution in [3.63, 3.8) is 0 Å². The van der Waals surface area contributed by atoms with Gasteiger partial charge in [0.2, 0.25) is 0 Å². The maximum absolute atomic E-state index is 14.6. The number of rotatable bonds is 5. The summed E-state index contributed by atoms with van der Waals surface area (Å²) in [6.07, 6.45) is -0.449. The van der Waals surface area contributed by atoms with Crippen LogP contribution < -0.4 is 16.2 Å². The van der Waals surface area contributed by atoms with Gasteiger partial charge in [-0.1, -0.05) is 18.2 Å². The molecule has 0 unspecified atom stereocenters. The van der Waals surface area contributed by atoms with E-state index in [0.717, 1.165) is 6.07 Å². The van der Waals surface area contributed by atoms with Crippen LogP contribution in [0.25, 0.3) is 11.0 Å². The Morgan fingerprint density at radius 2 is 1.97 bits per heavy atom. The van der Waals surface area contributed by atoms with Gasteiger partial charge in [-0.15, -0.1) is 0 Å². The van der Waals surface area contributed by atoms with Crippen molar-refractivity contribution < 1.29 is 17.4 Å². The van der Waals surface area contributed by atoms with Crippen LogP contribution in [0.3, 0.4) is 0 Å². The van der Waals surface area contributed by atoms with E-state index in [9.17, 15) is 22.2 Å². The first-order valence-corrected chi connectivity index (χ1v) is 12.3. The van der Waals surface area contributed by atoms with Crippen molar-refractivity contribution in [3.05, 3.63) is 63.5 Å². The Morgan fingerprint density at radius 3 is 2.62 bits per heavy atom. The molecule has 2 aliphatic rings. The highest BCUT2D eigenvalue weighted by Gasteiger charge is 2.59. The highest BCUT2D eigenvalue weighted by atomic mass is 32.2. The highest BCUT2D eigenvalue weighted by molar-refractivity contribution is 7.86. The number of nitrogens with zero attached hydrogens (tertiary/aromatic N) is 4. The molecule has 11 heteroatoms. The van der Waals surface area contributed by atoms with E-state index in [-0.39, 0.29) is 23.1 Å². The Balaban J connectivity index is 1.53. The van der Waals surface area contributed by atoms with Crippen LogP contribution in [0.15, 0.2) is 35.4 Å². The van der Waals surface area contributed by atoms with Crippen LogP contribution >= 0.6 is 0 Å². The quantitative estimate of drug-likeness (QED) is 0.590. The van der Waals surface area contributed by atoms with E-state index in [1.54, 1.807) is 25.1 Å². The molecule has 1 saturated carbocycles. The topological polar surface area (TPSA) is 94.1 Å². The second-order valence-corrected chi connectivity index (χ2v) is 11.0. The number of aromatic nitrogens is 3. The zero-order valence-corrected chi connectivity index (χ0v) is 19.5. The fraction of sp³-hybridized carbons (Fsp3) is 0.435. The number of alkyl halides is 2. The van der Waals surface area contributed by atoms with Gasteiger partial charge in [0.25, 0.3) is 12.0 Å². The van der Waals surface area contributed by atoms with E-state index < -0.39 is 34.1 Å². The van der Waals surface area contributed by atoms with Gasteiger partial charge in [-0.2, -0.15) is 0 Å². The Kier molecular flexibility index (Phi) is 5.32. The molecule has 1 aliphatic heterocycles. The second-order valence-electron chi connectivity index (χ2n) is 9.57. The normalized spacial score (nSPS) is 26.0. The molecular formula is C23H24F3N5O2S. The molecule has 5 rings (SSSR count).